The first kappa shape index (κ1) is 20.8. The molecule has 0 aliphatic heterocycles. The van der Waals surface area contributed by atoms with E-state index in [4.69, 9.17) is 9.47 Å². The van der Waals surface area contributed by atoms with E-state index in [-0.39, 0.29) is 23.1 Å². The zero-order chi connectivity index (χ0) is 19.9. The minimum absolute atomic E-state index is 0.0589. The van der Waals surface area contributed by atoms with Gasteiger partial charge in [0.2, 0.25) is 5.91 Å². The van der Waals surface area contributed by atoms with Crippen LogP contribution in [0.2, 0.25) is 0 Å². The molecule has 2 aromatic rings. The molecule has 0 bridgehead atoms. The van der Waals surface area contributed by atoms with Crippen LogP contribution < -0.4 is 14.8 Å². The van der Waals surface area contributed by atoms with Crippen LogP contribution in [0.15, 0.2) is 47.4 Å². The van der Waals surface area contributed by atoms with Crippen LogP contribution in [0.5, 0.6) is 11.5 Å². The largest absolute Gasteiger partial charge is 0.493 e. The first-order valence-electron chi connectivity index (χ1n) is 8.63. The summed E-state index contributed by atoms with van der Waals surface area (Å²) in [5, 5.41) is 2.67. The average molecular weight is 391 g/mol. The number of nitrogens with one attached hydrogen (secondary N) is 1. The smallest absolute Gasteiger partial charge is 0.220 e. The number of ether oxygens (including phenoxy) is 2. The molecule has 0 aliphatic carbocycles. The molecule has 6 nitrogen and oxygen atoms in total. The molecule has 1 N–H and O–H groups in total. The Morgan fingerprint density at radius 1 is 1.00 bits per heavy atom. The normalized spacial score (nSPS) is 11.1. The monoisotopic (exact) mass is 391 g/mol. The number of carbonyl (C=O) groups excluding carboxylic acids is 1. The van der Waals surface area contributed by atoms with E-state index in [0.29, 0.717) is 24.3 Å². The van der Waals surface area contributed by atoms with E-state index in [0.717, 1.165) is 5.56 Å². The third-order valence-electron chi connectivity index (χ3n) is 4.17. The van der Waals surface area contributed by atoms with Crippen molar-refractivity contribution in [1.82, 2.24) is 5.32 Å². The van der Waals surface area contributed by atoms with E-state index >= 15 is 0 Å². The van der Waals surface area contributed by atoms with Gasteiger partial charge in [-0.2, -0.15) is 0 Å². The Hall–Kier alpha value is -2.54. The second kappa shape index (κ2) is 9.41. The molecule has 0 spiro atoms. The average Bonchev–Trinajstić information content (AvgIpc) is 2.66. The molecule has 0 fully saturated rings. The van der Waals surface area contributed by atoms with Crippen LogP contribution in [0.25, 0.3) is 0 Å². The standard InChI is InChI=1S/C20H25NO5S/c1-15-4-6-16(7-5-15)8-11-20(22)21-12-13-27(23,24)17-9-10-18(25-2)19(14-17)26-3/h4-7,9-10,14H,8,11-13H2,1-3H3,(H,21,22). The van der Waals surface area contributed by atoms with E-state index in [1.807, 2.05) is 31.2 Å². The summed E-state index contributed by atoms with van der Waals surface area (Å²) >= 11 is 0. The van der Waals surface area contributed by atoms with Crippen LogP contribution in [0, 0.1) is 6.92 Å². The van der Waals surface area contributed by atoms with Crippen LogP contribution >= 0.6 is 0 Å². The fourth-order valence-corrected chi connectivity index (χ4v) is 3.72. The Labute approximate surface area is 160 Å². The van der Waals surface area contributed by atoms with Crippen molar-refractivity contribution < 1.29 is 22.7 Å². The second-order valence-electron chi connectivity index (χ2n) is 6.17. The number of methoxy groups -OCH3 is 2. The fraction of sp³-hybridized carbons (Fsp3) is 0.350. The minimum Gasteiger partial charge on any atom is -0.493 e. The Kier molecular flexibility index (Phi) is 7.24. The minimum atomic E-state index is -3.54. The van der Waals surface area contributed by atoms with Gasteiger partial charge < -0.3 is 14.8 Å². The highest BCUT2D eigenvalue weighted by atomic mass is 32.2. The lowest BCUT2D eigenvalue weighted by atomic mass is 10.1. The van der Waals surface area contributed by atoms with Crippen LogP contribution in [-0.2, 0) is 21.1 Å². The molecule has 2 aromatic carbocycles. The van der Waals surface area contributed by atoms with Crippen molar-refractivity contribution >= 4 is 15.7 Å². The Balaban J connectivity index is 1.86. The maximum absolute atomic E-state index is 12.4. The van der Waals surface area contributed by atoms with Gasteiger partial charge in [0.15, 0.2) is 21.3 Å². The molecule has 0 aliphatic rings. The predicted octanol–water partition coefficient (Wildman–Crippen LogP) is 2.53. The molecule has 0 aromatic heterocycles. The quantitative estimate of drug-likeness (QED) is 0.710. The molecular weight excluding hydrogens is 366 g/mol. The van der Waals surface area contributed by atoms with Crippen molar-refractivity contribution in [2.75, 3.05) is 26.5 Å². The topological polar surface area (TPSA) is 81.7 Å². The zero-order valence-corrected chi connectivity index (χ0v) is 16.6. The van der Waals surface area contributed by atoms with Gasteiger partial charge in [0.05, 0.1) is 24.9 Å². The first-order chi connectivity index (χ1) is 12.9. The number of aryl methyl sites for hydroxylation is 2. The number of benzene rings is 2. The first-order valence-corrected chi connectivity index (χ1v) is 10.3. The summed E-state index contributed by atoms with van der Waals surface area (Å²) in [7, 11) is -0.604. The number of hydrogen-bond donors (Lipinski definition) is 1. The van der Waals surface area contributed by atoms with E-state index in [1.165, 1.54) is 31.9 Å². The maximum Gasteiger partial charge on any atom is 0.220 e. The molecule has 7 heteroatoms. The van der Waals surface area contributed by atoms with Gasteiger partial charge in [0.1, 0.15) is 0 Å². The molecule has 0 saturated heterocycles. The molecule has 0 heterocycles. The molecule has 0 atom stereocenters. The lowest BCUT2D eigenvalue weighted by Gasteiger charge is -2.11. The predicted molar refractivity (Wildman–Crippen MR) is 104 cm³/mol. The number of sulfone groups is 1. The van der Waals surface area contributed by atoms with Crippen molar-refractivity contribution in [3.63, 3.8) is 0 Å². The van der Waals surface area contributed by atoms with Gasteiger partial charge in [0, 0.05) is 19.0 Å². The van der Waals surface area contributed by atoms with Crippen molar-refractivity contribution in [3.8, 4) is 11.5 Å². The summed E-state index contributed by atoms with van der Waals surface area (Å²) in [5.41, 5.74) is 2.25. The van der Waals surface area contributed by atoms with Crippen molar-refractivity contribution in [2.24, 2.45) is 0 Å². The highest BCUT2D eigenvalue weighted by Gasteiger charge is 2.17. The molecule has 27 heavy (non-hydrogen) atoms. The van der Waals surface area contributed by atoms with E-state index in [2.05, 4.69) is 5.32 Å². The lowest BCUT2D eigenvalue weighted by molar-refractivity contribution is -0.120. The van der Waals surface area contributed by atoms with Gasteiger partial charge in [0.25, 0.3) is 0 Å². The van der Waals surface area contributed by atoms with E-state index in [9.17, 15) is 13.2 Å². The Bertz CT molecular complexity index is 876. The number of rotatable bonds is 9. The number of carbonyl (C=O) groups is 1. The van der Waals surface area contributed by atoms with Gasteiger partial charge in [-0.1, -0.05) is 29.8 Å². The van der Waals surface area contributed by atoms with Crippen molar-refractivity contribution in [3.05, 3.63) is 53.6 Å². The lowest BCUT2D eigenvalue weighted by Crippen LogP contribution is -2.29. The second-order valence-corrected chi connectivity index (χ2v) is 8.28. The highest BCUT2D eigenvalue weighted by Crippen LogP contribution is 2.29. The molecular formula is C20H25NO5S. The third kappa shape index (κ3) is 5.99. The molecule has 0 saturated carbocycles. The van der Waals surface area contributed by atoms with Crippen LogP contribution in [0.4, 0.5) is 0 Å². The Morgan fingerprint density at radius 2 is 1.67 bits per heavy atom. The summed E-state index contributed by atoms with van der Waals surface area (Å²) in [6.07, 6.45) is 0.939. The van der Waals surface area contributed by atoms with E-state index in [1.54, 1.807) is 6.07 Å². The summed E-state index contributed by atoms with van der Waals surface area (Å²) in [4.78, 5) is 12.1. The number of amides is 1. The molecule has 146 valence electrons. The SMILES string of the molecule is COc1ccc(S(=O)(=O)CCNC(=O)CCc2ccc(C)cc2)cc1OC. The molecule has 0 radical (unpaired) electrons. The Morgan fingerprint density at radius 3 is 2.30 bits per heavy atom. The third-order valence-corrected chi connectivity index (χ3v) is 5.88. The highest BCUT2D eigenvalue weighted by molar-refractivity contribution is 7.91. The van der Waals surface area contributed by atoms with Gasteiger partial charge >= 0.3 is 0 Å². The molecule has 0 unspecified atom stereocenters. The van der Waals surface area contributed by atoms with Crippen molar-refractivity contribution in [1.29, 1.82) is 0 Å². The summed E-state index contributed by atoms with van der Waals surface area (Å²) in [6, 6.07) is 12.4. The van der Waals surface area contributed by atoms with Crippen LogP contribution in [-0.4, -0.2) is 40.8 Å². The number of hydrogen-bond acceptors (Lipinski definition) is 5. The van der Waals surface area contributed by atoms with Gasteiger partial charge in [-0.3, -0.25) is 4.79 Å². The molecule has 1 amide bonds. The van der Waals surface area contributed by atoms with E-state index < -0.39 is 9.84 Å². The maximum atomic E-state index is 12.4. The fourth-order valence-electron chi connectivity index (χ4n) is 2.55. The van der Waals surface area contributed by atoms with Gasteiger partial charge in [-0.05, 0) is 31.0 Å². The zero-order valence-electron chi connectivity index (χ0n) is 15.8. The van der Waals surface area contributed by atoms with Crippen LogP contribution in [0.1, 0.15) is 17.5 Å². The summed E-state index contributed by atoms with van der Waals surface area (Å²) in [5.74, 6) is 0.457. The van der Waals surface area contributed by atoms with Gasteiger partial charge in [-0.15, -0.1) is 0 Å². The summed E-state index contributed by atoms with van der Waals surface area (Å²) in [6.45, 7) is 2.07. The van der Waals surface area contributed by atoms with Gasteiger partial charge in [-0.25, -0.2) is 8.42 Å². The summed E-state index contributed by atoms with van der Waals surface area (Å²) < 4.78 is 35.1. The van der Waals surface area contributed by atoms with Crippen LogP contribution in [0.3, 0.4) is 0 Å². The molecule has 2 rings (SSSR count). The van der Waals surface area contributed by atoms with Crippen molar-refractivity contribution in [2.45, 2.75) is 24.7 Å².